The van der Waals surface area contributed by atoms with Crippen LogP contribution in [0.5, 0.6) is 0 Å². The second-order valence-electron chi connectivity index (χ2n) is 5.22. The summed E-state index contributed by atoms with van der Waals surface area (Å²) in [5.41, 5.74) is 6.29. The number of oxime groups is 1. The zero-order chi connectivity index (χ0) is 15.9. The van der Waals surface area contributed by atoms with Crippen molar-refractivity contribution in [1.29, 1.82) is 0 Å². The number of rotatable bonds is 2. The average molecular weight is 289 g/mol. The summed E-state index contributed by atoms with van der Waals surface area (Å²) in [5.74, 6) is 5.73. The SMILES string of the molecule is CC(C)(C)OC(=O)NCC#Cc1ccc(C(N)=NO)cc1. The van der Waals surface area contributed by atoms with E-state index in [1.54, 1.807) is 45.0 Å². The maximum absolute atomic E-state index is 11.4. The Hall–Kier alpha value is -2.68. The molecular formula is C15H19N3O3. The van der Waals surface area contributed by atoms with E-state index in [1.165, 1.54) is 0 Å². The molecule has 0 aromatic heterocycles. The molecule has 0 aliphatic carbocycles. The van der Waals surface area contributed by atoms with Crippen molar-refractivity contribution in [3.8, 4) is 11.8 Å². The molecule has 0 unspecified atom stereocenters. The Morgan fingerprint density at radius 1 is 1.38 bits per heavy atom. The third kappa shape index (κ3) is 6.34. The first kappa shape index (κ1) is 16.4. The first-order valence-corrected chi connectivity index (χ1v) is 6.35. The van der Waals surface area contributed by atoms with Gasteiger partial charge in [0.25, 0.3) is 0 Å². The van der Waals surface area contributed by atoms with Crippen molar-refractivity contribution in [2.75, 3.05) is 6.54 Å². The van der Waals surface area contributed by atoms with Gasteiger partial charge in [0.2, 0.25) is 0 Å². The number of alkyl carbamates (subject to hydrolysis) is 1. The number of hydrogen-bond acceptors (Lipinski definition) is 4. The van der Waals surface area contributed by atoms with Gasteiger partial charge in [-0.15, -0.1) is 0 Å². The molecule has 0 saturated carbocycles. The third-order valence-corrected chi connectivity index (χ3v) is 2.24. The highest BCUT2D eigenvalue weighted by molar-refractivity contribution is 5.97. The molecule has 0 aliphatic heterocycles. The van der Waals surface area contributed by atoms with E-state index in [1.807, 2.05) is 0 Å². The topological polar surface area (TPSA) is 96.9 Å². The number of benzene rings is 1. The van der Waals surface area contributed by atoms with E-state index in [4.69, 9.17) is 15.7 Å². The number of amidine groups is 1. The smallest absolute Gasteiger partial charge is 0.408 e. The van der Waals surface area contributed by atoms with Crippen LogP contribution in [0.15, 0.2) is 29.4 Å². The molecule has 1 amide bonds. The lowest BCUT2D eigenvalue weighted by Gasteiger charge is -2.18. The Bertz CT molecular complexity index is 575. The van der Waals surface area contributed by atoms with Crippen LogP contribution < -0.4 is 11.1 Å². The summed E-state index contributed by atoms with van der Waals surface area (Å²) in [7, 11) is 0. The van der Waals surface area contributed by atoms with Crippen LogP contribution in [0.25, 0.3) is 0 Å². The molecule has 0 fully saturated rings. The highest BCUT2D eigenvalue weighted by Gasteiger charge is 2.14. The predicted molar refractivity (Wildman–Crippen MR) is 80.1 cm³/mol. The second kappa shape index (κ2) is 7.20. The number of carbonyl (C=O) groups excluding carboxylic acids is 1. The van der Waals surface area contributed by atoms with Crippen molar-refractivity contribution in [3.63, 3.8) is 0 Å². The molecule has 112 valence electrons. The zero-order valence-electron chi connectivity index (χ0n) is 12.3. The van der Waals surface area contributed by atoms with Gasteiger partial charge in [-0.25, -0.2) is 4.79 Å². The zero-order valence-corrected chi connectivity index (χ0v) is 12.3. The van der Waals surface area contributed by atoms with E-state index in [2.05, 4.69) is 22.3 Å². The minimum absolute atomic E-state index is 0.0427. The van der Waals surface area contributed by atoms with Crippen molar-refractivity contribution in [3.05, 3.63) is 35.4 Å². The van der Waals surface area contributed by atoms with Crippen molar-refractivity contribution in [1.82, 2.24) is 5.32 Å². The summed E-state index contributed by atoms with van der Waals surface area (Å²) in [6, 6.07) is 6.88. The predicted octanol–water partition coefficient (Wildman–Crippen LogP) is 1.66. The van der Waals surface area contributed by atoms with E-state index in [9.17, 15) is 4.79 Å². The van der Waals surface area contributed by atoms with Gasteiger partial charge in [-0.1, -0.05) is 17.0 Å². The fraction of sp³-hybridized carbons (Fsp3) is 0.333. The van der Waals surface area contributed by atoms with Crippen LogP contribution in [0.1, 0.15) is 31.9 Å². The average Bonchev–Trinajstić information content (AvgIpc) is 2.41. The highest BCUT2D eigenvalue weighted by Crippen LogP contribution is 2.06. The highest BCUT2D eigenvalue weighted by atomic mass is 16.6. The van der Waals surface area contributed by atoms with Crippen molar-refractivity contribution in [2.24, 2.45) is 10.9 Å². The van der Waals surface area contributed by atoms with Gasteiger partial charge in [0.15, 0.2) is 5.84 Å². The summed E-state index contributed by atoms with van der Waals surface area (Å²) >= 11 is 0. The van der Waals surface area contributed by atoms with Gasteiger partial charge in [-0.05, 0) is 45.0 Å². The summed E-state index contributed by atoms with van der Waals surface area (Å²) < 4.78 is 5.08. The molecule has 0 bridgehead atoms. The summed E-state index contributed by atoms with van der Waals surface area (Å²) in [4.78, 5) is 11.4. The van der Waals surface area contributed by atoms with Crippen LogP contribution in [0.3, 0.4) is 0 Å². The van der Waals surface area contributed by atoms with Crippen molar-refractivity contribution < 1.29 is 14.7 Å². The number of carbonyl (C=O) groups is 1. The lowest BCUT2D eigenvalue weighted by atomic mass is 10.1. The molecule has 1 rings (SSSR count). The molecular weight excluding hydrogens is 270 g/mol. The number of nitrogens with zero attached hydrogens (tertiary/aromatic N) is 1. The standard InChI is InChI=1S/C15H19N3O3/c1-15(2,3)21-14(19)17-10-4-5-11-6-8-12(9-7-11)13(16)18-20/h6-9,20H,10H2,1-3H3,(H2,16,18)(H,17,19). The largest absolute Gasteiger partial charge is 0.444 e. The molecule has 0 saturated heterocycles. The summed E-state index contributed by atoms with van der Waals surface area (Å²) in [6.07, 6.45) is -0.501. The molecule has 6 nitrogen and oxygen atoms in total. The van der Waals surface area contributed by atoms with Gasteiger partial charge in [-0.3, -0.25) is 0 Å². The molecule has 21 heavy (non-hydrogen) atoms. The number of nitrogens with one attached hydrogen (secondary N) is 1. The van der Waals surface area contributed by atoms with Gasteiger partial charge in [0, 0.05) is 11.1 Å². The Balaban J connectivity index is 2.50. The Kier molecular flexibility index (Phi) is 5.61. The van der Waals surface area contributed by atoms with Gasteiger partial charge < -0.3 is 21.0 Å². The van der Waals surface area contributed by atoms with Crippen LogP contribution in [-0.2, 0) is 4.74 Å². The molecule has 0 atom stereocenters. The van der Waals surface area contributed by atoms with Crippen LogP contribution in [0.4, 0.5) is 4.79 Å². The third-order valence-electron chi connectivity index (χ3n) is 2.24. The minimum atomic E-state index is -0.526. The molecule has 4 N–H and O–H groups in total. The van der Waals surface area contributed by atoms with Crippen LogP contribution >= 0.6 is 0 Å². The quantitative estimate of drug-likeness (QED) is 0.253. The van der Waals surface area contributed by atoms with Crippen LogP contribution in [0.2, 0.25) is 0 Å². The van der Waals surface area contributed by atoms with E-state index < -0.39 is 11.7 Å². The second-order valence-corrected chi connectivity index (χ2v) is 5.22. The van der Waals surface area contributed by atoms with E-state index >= 15 is 0 Å². The molecule has 0 heterocycles. The monoisotopic (exact) mass is 289 g/mol. The Morgan fingerprint density at radius 2 is 2.00 bits per heavy atom. The molecule has 0 aliphatic rings. The van der Waals surface area contributed by atoms with Crippen LogP contribution in [0, 0.1) is 11.8 Å². The first-order chi connectivity index (χ1) is 9.81. The van der Waals surface area contributed by atoms with Gasteiger partial charge in [0.1, 0.15) is 5.60 Å². The van der Waals surface area contributed by atoms with Crippen LogP contribution in [-0.4, -0.2) is 29.3 Å². The number of hydrogen-bond donors (Lipinski definition) is 3. The minimum Gasteiger partial charge on any atom is -0.444 e. The number of amides is 1. The normalized spacial score (nSPS) is 11.3. The Morgan fingerprint density at radius 3 is 2.52 bits per heavy atom. The molecule has 0 spiro atoms. The van der Waals surface area contributed by atoms with Crippen molar-refractivity contribution >= 4 is 11.9 Å². The molecule has 1 aromatic carbocycles. The van der Waals surface area contributed by atoms with Gasteiger partial charge >= 0.3 is 6.09 Å². The van der Waals surface area contributed by atoms with E-state index in [0.717, 1.165) is 5.56 Å². The fourth-order valence-electron chi connectivity index (χ4n) is 1.36. The molecule has 1 aromatic rings. The van der Waals surface area contributed by atoms with E-state index in [-0.39, 0.29) is 12.4 Å². The fourth-order valence-corrected chi connectivity index (χ4v) is 1.36. The summed E-state index contributed by atoms with van der Waals surface area (Å²) in [6.45, 7) is 5.57. The summed E-state index contributed by atoms with van der Waals surface area (Å²) in [5, 5.41) is 14.0. The van der Waals surface area contributed by atoms with Gasteiger partial charge in [-0.2, -0.15) is 0 Å². The lowest BCUT2D eigenvalue weighted by Crippen LogP contribution is -2.32. The van der Waals surface area contributed by atoms with Gasteiger partial charge in [0.05, 0.1) is 6.54 Å². The molecule has 6 heteroatoms. The number of nitrogens with two attached hydrogens (primary N) is 1. The number of ether oxygens (including phenoxy) is 1. The van der Waals surface area contributed by atoms with Crippen molar-refractivity contribution in [2.45, 2.75) is 26.4 Å². The maximum atomic E-state index is 11.4. The maximum Gasteiger partial charge on any atom is 0.408 e. The molecule has 0 radical (unpaired) electrons. The van der Waals surface area contributed by atoms with E-state index in [0.29, 0.717) is 5.56 Å². The lowest BCUT2D eigenvalue weighted by molar-refractivity contribution is 0.0535. The Labute approximate surface area is 124 Å². The first-order valence-electron chi connectivity index (χ1n) is 6.35.